The molecule has 62 valence electrons. The Balaban J connectivity index is 0. The van der Waals surface area contributed by atoms with Gasteiger partial charge in [0.1, 0.15) is 12.8 Å². The van der Waals surface area contributed by atoms with Gasteiger partial charge in [0.25, 0.3) is 0 Å². The molecule has 2 unspecified atom stereocenters. The average Bonchev–Trinajstić information content (AvgIpc) is 1.85. The standard InChI is InChI=1S/C4H8BF3O2.K.H/c6-2-4(8)3(7)1-5(9)10;;/h3-4,9-10H,1-2H2;;. The van der Waals surface area contributed by atoms with Crippen LogP contribution in [0.1, 0.15) is 0 Å². The molecule has 0 heterocycles. The second kappa shape index (κ2) is 8.03. The van der Waals surface area contributed by atoms with E-state index in [1.54, 1.807) is 0 Å². The summed E-state index contributed by atoms with van der Waals surface area (Å²) in [4.78, 5) is 0. The summed E-state index contributed by atoms with van der Waals surface area (Å²) in [7, 11) is -1.92. The molecule has 2 N–H and O–H groups in total. The van der Waals surface area contributed by atoms with Gasteiger partial charge in [-0.2, -0.15) is 0 Å². The van der Waals surface area contributed by atoms with Gasteiger partial charge in [-0.15, -0.1) is 0 Å². The molecular formula is C4H9BF3KO2. The number of hydrogen-bond donors (Lipinski definition) is 2. The van der Waals surface area contributed by atoms with Crippen LogP contribution in [0.3, 0.4) is 0 Å². The van der Waals surface area contributed by atoms with Crippen LogP contribution in [-0.2, 0) is 0 Å². The molecule has 0 saturated carbocycles. The molecule has 0 radical (unpaired) electrons. The second-order valence-electron chi connectivity index (χ2n) is 1.90. The van der Waals surface area contributed by atoms with E-state index in [0.717, 1.165) is 0 Å². The van der Waals surface area contributed by atoms with Gasteiger partial charge >= 0.3 is 58.5 Å². The van der Waals surface area contributed by atoms with Crippen LogP contribution in [-0.4, -0.2) is 87.6 Å². The molecule has 0 aromatic carbocycles. The minimum absolute atomic E-state index is 0. The van der Waals surface area contributed by atoms with Crippen LogP contribution in [0.2, 0.25) is 6.32 Å². The summed E-state index contributed by atoms with van der Waals surface area (Å²) >= 11 is 0. The Morgan fingerprint density at radius 3 is 1.91 bits per heavy atom. The van der Waals surface area contributed by atoms with Crippen LogP contribution in [0.4, 0.5) is 13.2 Å². The molecule has 11 heavy (non-hydrogen) atoms. The van der Waals surface area contributed by atoms with E-state index in [4.69, 9.17) is 10.0 Å². The first kappa shape index (κ1) is 14.9. The van der Waals surface area contributed by atoms with E-state index in [-0.39, 0.29) is 51.4 Å². The fourth-order valence-corrected chi connectivity index (χ4v) is 0.446. The molecule has 0 amide bonds. The molecule has 0 bridgehead atoms. The van der Waals surface area contributed by atoms with E-state index in [0.29, 0.717) is 0 Å². The zero-order valence-corrected chi connectivity index (χ0v) is 5.17. The Labute approximate surface area is 106 Å². The van der Waals surface area contributed by atoms with Crippen molar-refractivity contribution in [3.63, 3.8) is 0 Å². The zero-order chi connectivity index (χ0) is 8.15. The summed E-state index contributed by atoms with van der Waals surface area (Å²) in [5.74, 6) is 0. The van der Waals surface area contributed by atoms with Crippen LogP contribution in [0.25, 0.3) is 0 Å². The molecule has 0 fully saturated rings. The topological polar surface area (TPSA) is 40.5 Å². The van der Waals surface area contributed by atoms with Gasteiger partial charge in [0.2, 0.25) is 0 Å². The van der Waals surface area contributed by atoms with Gasteiger partial charge in [0.05, 0.1) is 0 Å². The first-order valence-electron chi connectivity index (χ1n) is 2.78. The molecule has 0 rings (SSSR count). The van der Waals surface area contributed by atoms with Crippen LogP contribution in [0.15, 0.2) is 0 Å². The fourth-order valence-electron chi connectivity index (χ4n) is 0.446. The van der Waals surface area contributed by atoms with Crippen molar-refractivity contribution in [3.8, 4) is 0 Å². The number of hydrogen-bond acceptors (Lipinski definition) is 2. The molecule has 0 aromatic rings. The monoisotopic (exact) mass is 196 g/mol. The summed E-state index contributed by atoms with van der Waals surface area (Å²) in [5, 5.41) is 16.2. The summed E-state index contributed by atoms with van der Waals surface area (Å²) in [5.41, 5.74) is 0. The minimum atomic E-state index is -2.25. The molecule has 0 aromatic heterocycles. The first-order chi connectivity index (χ1) is 4.57. The van der Waals surface area contributed by atoms with Crippen LogP contribution in [0.5, 0.6) is 0 Å². The Morgan fingerprint density at radius 1 is 1.18 bits per heavy atom. The maximum atomic E-state index is 12.1. The normalized spacial score (nSPS) is 15.0. The number of rotatable bonds is 4. The van der Waals surface area contributed by atoms with Crippen molar-refractivity contribution in [3.05, 3.63) is 0 Å². The molecule has 0 aliphatic carbocycles. The van der Waals surface area contributed by atoms with Crippen molar-refractivity contribution in [2.45, 2.75) is 18.7 Å². The van der Waals surface area contributed by atoms with E-state index in [1.165, 1.54) is 0 Å². The Morgan fingerprint density at radius 2 is 1.64 bits per heavy atom. The predicted molar refractivity (Wildman–Crippen MR) is 37.9 cm³/mol. The fraction of sp³-hybridized carbons (Fsp3) is 1.00. The second-order valence-corrected chi connectivity index (χ2v) is 1.90. The molecule has 2 atom stereocenters. The summed E-state index contributed by atoms with van der Waals surface area (Å²) in [6.45, 7) is -1.44. The van der Waals surface area contributed by atoms with E-state index in [1.807, 2.05) is 0 Å². The molecule has 0 aliphatic rings. The summed E-state index contributed by atoms with van der Waals surface area (Å²) < 4.78 is 35.3. The third kappa shape index (κ3) is 7.76. The van der Waals surface area contributed by atoms with E-state index in [2.05, 4.69) is 0 Å². The van der Waals surface area contributed by atoms with Gasteiger partial charge in [-0.1, -0.05) is 0 Å². The van der Waals surface area contributed by atoms with Crippen molar-refractivity contribution < 1.29 is 23.2 Å². The quantitative estimate of drug-likeness (QED) is 0.592. The summed E-state index contributed by atoms with van der Waals surface area (Å²) in [6, 6.07) is 0. The number of halogens is 3. The van der Waals surface area contributed by atoms with Crippen molar-refractivity contribution >= 4 is 58.5 Å². The number of alkyl halides is 3. The van der Waals surface area contributed by atoms with E-state index < -0.39 is 32.5 Å². The average molecular weight is 196 g/mol. The molecule has 2 nitrogen and oxygen atoms in total. The van der Waals surface area contributed by atoms with Gasteiger partial charge in [-0.05, 0) is 0 Å². The molecule has 0 aliphatic heterocycles. The van der Waals surface area contributed by atoms with Gasteiger partial charge in [-0.25, -0.2) is 13.2 Å². The van der Waals surface area contributed by atoms with Crippen molar-refractivity contribution in [2.24, 2.45) is 0 Å². The van der Waals surface area contributed by atoms with Gasteiger partial charge in [0.15, 0.2) is 6.17 Å². The first-order valence-corrected chi connectivity index (χ1v) is 2.78. The third-order valence-corrected chi connectivity index (χ3v) is 0.976. The van der Waals surface area contributed by atoms with Crippen molar-refractivity contribution in [1.82, 2.24) is 0 Å². The van der Waals surface area contributed by atoms with E-state index >= 15 is 0 Å². The van der Waals surface area contributed by atoms with Crippen molar-refractivity contribution in [2.75, 3.05) is 6.67 Å². The van der Waals surface area contributed by atoms with Crippen LogP contribution in [0, 0.1) is 0 Å². The van der Waals surface area contributed by atoms with Gasteiger partial charge in [-0.3, -0.25) is 0 Å². The van der Waals surface area contributed by atoms with Gasteiger partial charge < -0.3 is 10.0 Å². The summed E-state index contributed by atoms with van der Waals surface area (Å²) in [6.07, 6.45) is -5.17. The van der Waals surface area contributed by atoms with Crippen LogP contribution >= 0.6 is 0 Å². The molecule has 0 spiro atoms. The van der Waals surface area contributed by atoms with E-state index in [9.17, 15) is 13.2 Å². The van der Waals surface area contributed by atoms with Crippen molar-refractivity contribution in [1.29, 1.82) is 0 Å². The Kier molecular flexibility index (Phi) is 10.9. The van der Waals surface area contributed by atoms with Crippen LogP contribution < -0.4 is 0 Å². The maximum absolute atomic E-state index is 12.1. The van der Waals surface area contributed by atoms with Gasteiger partial charge in [0, 0.05) is 6.32 Å². The molecule has 7 heteroatoms. The SMILES string of the molecule is OB(O)CC(F)C(F)CF.[KH]. The Bertz CT molecular complexity index is 97.4. The molecule has 0 saturated heterocycles. The Hall–Kier alpha value is 1.41. The zero-order valence-electron chi connectivity index (χ0n) is 5.17. The molecular weight excluding hydrogens is 187 g/mol. The predicted octanol–water partition coefficient (Wildman–Crippen LogP) is -0.544. The third-order valence-electron chi connectivity index (χ3n) is 0.976.